The first-order chi connectivity index (χ1) is 13.3. The average molecular weight is 366 g/mol. The Hall–Kier alpha value is -1.84. The minimum absolute atomic E-state index is 0.178. The number of hydrogen-bond acceptors (Lipinski definition) is 3. The summed E-state index contributed by atoms with van der Waals surface area (Å²) in [6.45, 7) is 3.55. The van der Waals surface area contributed by atoms with E-state index < -0.39 is 0 Å². The summed E-state index contributed by atoms with van der Waals surface area (Å²) in [4.78, 5) is 0. The van der Waals surface area contributed by atoms with Gasteiger partial charge in [-0.25, -0.2) is 0 Å². The van der Waals surface area contributed by atoms with Crippen molar-refractivity contribution >= 4 is 0 Å². The fourth-order valence-corrected chi connectivity index (χ4v) is 4.49. The Morgan fingerprint density at radius 3 is 2.52 bits per heavy atom. The maximum atomic E-state index is 6.16. The summed E-state index contributed by atoms with van der Waals surface area (Å²) >= 11 is 0. The molecule has 0 amide bonds. The molecule has 1 aliphatic heterocycles. The van der Waals surface area contributed by atoms with Crippen LogP contribution in [0.1, 0.15) is 49.7 Å². The lowest BCUT2D eigenvalue weighted by atomic mass is 9.74. The molecular formula is C24H31NO2. The van der Waals surface area contributed by atoms with Gasteiger partial charge >= 0.3 is 0 Å². The third kappa shape index (κ3) is 4.72. The van der Waals surface area contributed by atoms with Gasteiger partial charge in [-0.15, -0.1) is 0 Å². The van der Waals surface area contributed by atoms with Gasteiger partial charge in [0.25, 0.3) is 0 Å². The van der Waals surface area contributed by atoms with Gasteiger partial charge in [0.05, 0.1) is 6.10 Å². The van der Waals surface area contributed by atoms with Crippen molar-refractivity contribution in [3.63, 3.8) is 0 Å². The number of ether oxygens (including phenoxy) is 2. The molecule has 0 bridgehead atoms. The van der Waals surface area contributed by atoms with E-state index in [9.17, 15) is 0 Å². The molecule has 1 aliphatic carbocycles. The molecule has 2 aromatic carbocycles. The van der Waals surface area contributed by atoms with E-state index in [1.165, 1.54) is 36.8 Å². The Morgan fingerprint density at radius 2 is 1.74 bits per heavy atom. The molecule has 144 valence electrons. The fraction of sp³-hybridized carbons (Fsp3) is 0.500. The van der Waals surface area contributed by atoms with Crippen molar-refractivity contribution < 1.29 is 9.47 Å². The van der Waals surface area contributed by atoms with Crippen molar-refractivity contribution in [2.24, 2.45) is 0 Å². The summed E-state index contributed by atoms with van der Waals surface area (Å²) in [5.41, 5.74) is 2.90. The summed E-state index contributed by atoms with van der Waals surface area (Å²) in [5, 5.41) is 3.72. The molecule has 1 saturated heterocycles. The van der Waals surface area contributed by atoms with Crippen molar-refractivity contribution in [2.75, 3.05) is 19.8 Å². The summed E-state index contributed by atoms with van der Waals surface area (Å²) in [6.07, 6.45) is 7.57. The largest absolute Gasteiger partial charge is 0.490 e. The van der Waals surface area contributed by atoms with Crippen LogP contribution in [0.3, 0.4) is 0 Å². The van der Waals surface area contributed by atoms with Gasteiger partial charge in [-0.05, 0) is 61.8 Å². The Morgan fingerprint density at radius 1 is 0.963 bits per heavy atom. The van der Waals surface area contributed by atoms with Gasteiger partial charge in [0.1, 0.15) is 5.75 Å². The quantitative estimate of drug-likeness (QED) is 0.761. The standard InChI is InChI=1S/C24H31NO2/c1-2-8-21(9-3-1)24(13-15-26-16-14-24)19-25-18-20-7-6-12-23(17-20)27-22-10-4-5-11-22/h1-3,6-9,12,17,22,25H,4-5,10-11,13-16,18-19H2. The molecule has 1 saturated carbocycles. The highest BCUT2D eigenvalue weighted by Gasteiger charge is 2.33. The predicted octanol–water partition coefficient (Wildman–Crippen LogP) is 4.85. The zero-order chi connectivity index (χ0) is 18.4. The van der Waals surface area contributed by atoms with Gasteiger partial charge in [0.2, 0.25) is 0 Å². The van der Waals surface area contributed by atoms with E-state index in [2.05, 4.69) is 59.9 Å². The smallest absolute Gasteiger partial charge is 0.120 e. The van der Waals surface area contributed by atoms with Crippen molar-refractivity contribution in [1.29, 1.82) is 0 Å². The van der Waals surface area contributed by atoms with E-state index in [1.54, 1.807) is 0 Å². The van der Waals surface area contributed by atoms with Gasteiger partial charge in [0.15, 0.2) is 0 Å². The van der Waals surface area contributed by atoms with Crippen molar-refractivity contribution in [1.82, 2.24) is 5.32 Å². The van der Waals surface area contributed by atoms with Gasteiger partial charge in [0, 0.05) is 31.7 Å². The van der Waals surface area contributed by atoms with E-state index in [-0.39, 0.29) is 5.41 Å². The van der Waals surface area contributed by atoms with Crippen LogP contribution < -0.4 is 10.1 Å². The molecule has 27 heavy (non-hydrogen) atoms. The Balaban J connectivity index is 1.37. The van der Waals surface area contributed by atoms with Crippen LogP contribution in [0.25, 0.3) is 0 Å². The number of rotatable bonds is 7. The Labute approximate surface area is 163 Å². The monoisotopic (exact) mass is 365 g/mol. The van der Waals surface area contributed by atoms with Crippen LogP contribution in [-0.4, -0.2) is 25.9 Å². The van der Waals surface area contributed by atoms with Crippen LogP contribution in [0.5, 0.6) is 5.75 Å². The average Bonchev–Trinajstić information content (AvgIpc) is 3.23. The van der Waals surface area contributed by atoms with E-state index >= 15 is 0 Å². The molecule has 2 aromatic rings. The van der Waals surface area contributed by atoms with Crippen LogP contribution in [-0.2, 0) is 16.7 Å². The first-order valence-corrected chi connectivity index (χ1v) is 10.4. The lowest BCUT2D eigenvalue weighted by Crippen LogP contribution is -2.42. The van der Waals surface area contributed by atoms with E-state index in [0.717, 1.165) is 44.9 Å². The second-order valence-corrected chi connectivity index (χ2v) is 8.03. The van der Waals surface area contributed by atoms with Gasteiger partial charge in [-0.3, -0.25) is 0 Å². The summed E-state index contributed by atoms with van der Waals surface area (Å²) in [6, 6.07) is 19.5. The molecule has 2 fully saturated rings. The molecule has 0 spiro atoms. The number of hydrogen-bond donors (Lipinski definition) is 1. The second kappa shape index (κ2) is 8.90. The lowest BCUT2D eigenvalue weighted by Gasteiger charge is -2.38. The van der Waals surface area contributed by atoms with Gasteiger partial charge < -0.3 is 14.8 Å². The summed E-state index contributed by atoms with van der Waals surface area (Å²) in [5.74, 6) is 1.02. The minimum Gasteiger partial charge on any atom is -0.490 e. The van der Waals surface area contributed by atoms with Crippen molar-refractivity contribution in [3.8, 4) is 5.75 Å². The van der Waals surface area contributed by atoms with Crippen LogP contribution in [0, 0.1) is 0 Å². The topological polar surface area (TPSA) is 30.5 Å². The Bertz CT molecular complexity index is 703. The fourth-order valence-electron chi connectivity index (χ4n) is 4.49. The zero-order valence-electron chi connectivity index (χ0n) is 16.2. The predicted molar refractivity (Wildman–Crippen MR) is 109 cm³/mol. The van der Waals surface area contributed by atoms with Crippen molar-refractivity contribution in [3.05, 3.63) is 65.7 Å². The molecular weight excluding hydrogens is 334 g/mol. The van der Waals surface area contributed by atoms with E-state index in [1.807, 2.05) is 0 Å². The molecule has 1 heterocycles. The molecule has 0 atom stereocenters. The van der Waals surface area contributed by atoms with Crippen LogP contribution >= 0.6 is 0 Å². The van der Waals surface area contributed by atoms with E-state index in [4.69, 9.17) is 9.47 Å². The first-order valence-electron chi connectivity index (χ1n) is 10.4. The highest BCUT2D eigenvalue weighted by molar-refractivity contribution is 5.29. The molecule has 0 unspecified atom stereocenters. The maximum absolute atomic E-state index is 6.16. The number of benzene rings is 2. The molecule has 0 aromatic heterocycles. The third-order valence-electron chi connectivity index (χ3n) is 6.13. The highest BCUT2D eigenvalue weighted by atomic mass is 16.5. The lowest BCUT2D eigenvalue weighted by molar-refractivity contribution is 0.0498. The van der Waals surface area contributed by atoms with Crippen LogP contribution in [0.4, 0.5) is 0 Å². The summed E-state index contributed by atoms with van der Waals surface area (Å²) < 4.78 is 11.8. The van der Waals surface area contributed by atoms with Crippen molar-refractivity contribution in [2.45, 2.75) is 56.6 Å². The SMILES string of the molecule is c1ccc(C2(CNCc3cccc(OC4CCCC4)c3)CCOCC2)cc1. The van der Waals surface area contributed by atoms with Gasteiger partial charge in [-0.1, -0.05) is 42.5 Å². The van der Waals surface area contributed by atoms with Gasteiger partial charge in [-0.2, -0.15) is 0 Å². The van der Waals surface area contributed by atoms with E-state index in [0.29, 0.717) is 6.10 Å². The van der Waals surface area contributed by atoms with Crippen LogP contribution in [0.15, 0.2) is 54.6 Å². The molecule has 0 radical (unpaired) electrons. The molecule has 3 heteroatoms. The minimum atomic E-state index is 0.178. The zero-order valence-corrected chi connectivity index (χ0v) is 16.2. The highest BCUT2D eigenvalue weighted by Crippen LogP contribution is 2.34. The second-order valence-electron chi connectivity index (χ2n) is 8.03. The number of nitrogens with one attached hydrogen (secondary N) is 1. The maximum Gasteiger partial charge on any atom is 0.120 e. The first kappa shape index (κ1) is 18.5. The third-order valence-corrected chi connectivity index (χ3v) is 6.13. The Kier molecular flexibility index (Phi) is 6.10. The molecule has 1 N–H and O–H groups in total. The van der Waals surface area contributed by atoms with Crippen LogP contribution in [0.2, 0.25) is 0 Å². The molecule has 2 aliphatic rings. The molecule has 4 rings (SSSR count). The normalized spacial score (nSPS) is 19.9. The molecule has 3 nitrogen and oxygen atoms in total. The summed E-state index contributed by atoms with van der Waals surface area (Å²) in [7, 11) is 0.